The predicted octanol–water partition coefficient (Wildman–Crippen LogP) is 4.09. The highest BCUT2D eigenvalue weighted by molar-refractivity contribution is 5.46. The van der Waals surface area contributed by atoms with Crippen LogP contribution in [0.2, 0.25) is 0 Å². The first kappa shape index (κ1) is 12.3. The van der Waals surface area contributed by atoms with E-state index in [9.17, 15) is 13.2 Å². The molecule has 1 unspecified atom stereocenters. The zero-order chi connectivity index (χ0) is 12.4. The summed E-state index contributed by atoms with van der Waals surface area (Å²) in [5.74, 6) is -2.25. The van der Waals surface area contributed by atoms with E-state index in [1.807, 2.05) is 6.92 Å². The second-order valence-corrected chi connectivity index (χ2v) is 4.83. The van der Waals surface area contributed by atoms with E-state index in [-0.39, 0.29) is 11.7 Å². The zero-order valence-corrected chi connectivity index (χ0v) is 9.77. The molecule has 1 aromatic carbocycles. The zero-order valence-electron chi connectivity index (χ0n) is 9.77. The molecule has 1 aliphatic carbocycles. The normalized spacial score (nSPS) is 17.6. The van der Waals surface area contributed by atoms with Crippen LogP contribution < -0.4 is 5.32 Å². The van der Waals surface area contributed by atoms with Gasteiger partial charge in [0.15, 0.2) is 11.6 Å². The Morgan fingerprint density at radius 2 is 2.00 bits per heavy atom. The minimum absolute atomic E-state index is 0.0241. The third kappa shape index (κ3) is 2.93. The molecule has 0 bridgehead atoms. The SMILES string of the molecule is CC(CC1CCC1)Nc1cc(F)cc(F)c1F. The Balaban J connectivity index is 2.01. The van der Waals surface area contributed by atoms with Crippen molar-refractivity contribution in [1.29, 1.82) is 0 Å². The van der Waals surface area contributed by atoms with E-state index in [4.69, 9.17) is 0 Å². The first-order valence-corrected chi connectivity index (χ1v) is 5.97. The minimum atomic E-state index is -1.15. The van der Waals surface area contributed by atoms with Crippen molar-refractivity contribution in [3.63, 3.8) is 0 Å². The average Bonchev–Trinajstić information content (AvgIpc) is 2.19. The number of anilines is 1. The monoisotopic (exact) mass is 243 g/mol. The lowest BCUT2D eigenvalue weighted by Crippen LogP contribution is -2.23. The molecule has 4 heteroatoms. The standard InChI is InChI=1S/C13H16F3N/c1-8(5-9-3-2-4-9)17-12-7-10(14)6-11(15)13(12)16/h6-9,17H,2-5H2,1H3. The molecule has 1 aliphatic rings. The van der Waals surface area contributed by atoms with Crippen LogP contribution in [0.1, 0.15) is 32.6 Å². The van der Waals surface area contributed by atoms with Gasteiger partial charge >= 0.3 is 0 Å². The lowest BCUT2D eigenvalue weighted by molar-refractivity contribution is 0.285. The third-order valence-electron chi connectivity index (χ3n) is 3.31. The van der Waals surface area contributed by atoms with Crippen molar-refractivity contribution in [1.82, 2.24) is 0 Å². The number of benzene rings is 1. The summed E-state index contributed by atoms with van der Waals surface area (Å²) in [5.41, 5.74) is -0.0886. The fraction of sp³-hybridized carbons (Fsp3) is 0.538. The van der Waals surface area contributed by atoms with E-state index >= 15 is 0 Å². The molecular formula is C13H16F3N. The van der Waals surface area contributed by atoms with Crippen LogP contribution in [-0.2, 0) is 0 Å². The molecule has 0 saturated heterocycles. The Bertz CT molecular complexity index is 402. The molecule has 0 amide bonds. The summed E-state index contributed by atoms with van der Waals surface area (Å²) in [6.45, 7) is 1.90. The van der Waals surface area contributed by atoms with Gasteiger partial charge in [-0.1, -0.05) is 19.3 Å². The maximum atomic E-state index is 13.4. The lowest BCUT2D eigenvalue weighted by Gasteiger charge is -2.29. The molecular weight excluding hydrogens is 227 g/mol. The van der Waals surface area contributed by atoms with Gasteiger partial charge < -0.3 is 5.32 Å². The molecule has 17 heavy (non-hydrogen) atoms. The van der Waals surface area contributed by atoms with Crippen LogP contribution in [0.4, 0.5) is 18.9 Å². The lowest BCUT2D eigenvalue weighted by atomic mass is 9.81. The molecule has 1 N–H and O–H groups in total. The summed E-state index contributed by atoms with van der Waals surface area (Å²) in [5, 5.41) is 2.84. The van der Waals surface area contributed by atoms with Crippen LogP contribution in [0.5, 0.6) is 0 Å². The van der Waals surface area contributed by atoms with Gasteiger partial charge in [-0.05, 0) is 19.3 Å². The van der Waals surface area contributed by atoms with Gasteiger partial charge in [0.1, 0.15) is 5.82 Å². The van der Waals surface area contributed by atoms with Crippen molar-refractivity contribution < 1.29 is 13.2 Å². The molecule has 0 spiro atoms. The molecule has 0 aliphatic heterocycles. The first-order valence-electron chi connectivity index (χ1n) is 5.97. The van der Waals surface area contributed by atoms with E-state index < -0.39 is 17.5 Å². The van der Waals surface area contributed by atoms with Gasteiger partial charge in [0.05, 0.1) is 5.69 Å². The highest BCUT2D eigenvalue weighted by Crippen LogP contribution is 2.31. The quantitative estimate of drug-likeness (QED) is 0.785. The molecule has 1 atom stereocenters. The molecule has 2 rings (SSSR count). The largest absolute Gasteiger partial charge is 0.380 e. The van der Waals surface area contributed by atoms with Crippen molar-refractivity contribution in [2.45, 2.75) is 38.6 Å². The first-order chi connectivity index (χ1) is 8.06. The molecule has 0 heterocycles. The molecule has 1 aromatic rings. The maximum absolute atomic E-state index is 13.4. The molecule has 94 valence electrons. The van der Waals surface area contributed by atoms with Crippen molar-refractivity contribution in [2.24, 2.45) is 5.92 Å². The van der Waals surface area contributed by atoms with Gasteiger partial charge in [0, 0.05) is 18.2 Å². The molecule has 0 aromatic heterocycles. The van der Waals surface area contributed by atoms with Crippen LogP contribution in [0.3, 0.4) is 0 Å². The van der Waals surface area contributed by atoms with E-state index in [2.05, 4.69) is 5.32 Å². The summed E-state index contributed by atoms with van der Waals surface area (Å²) < 4.78 is 39.3. The van der Waals surface area contributed by atoms with Crippen molar-refractivity contribution in [3.8, 4) is 0 Å². The van der Waals surface area contributed by atoms with Gasteiger partial charge in [0.25, 0.3) is 0 Å². The summed E-state index contributed by atoms with van der Waals surface area (Å²) in [6.07, 6.45) is 4.57. The van der Waals surface area contributed by atoms with E-state index in [1.165, 1.54) is 19.3 Å². The van der Waals surface area contributed by atoms with E-state index in [0.29, 0.717) is 12.0 Å². The number of hydrogen-bond acceptors (Lipinski definition) is 1. The number of hydrogen-bond donors (Lipinski definition) is 1. The highest BCUT2D eigenvalue weighted by Gasteiger charge is 2.21. The summed E-state index contributed by atoms with van der Waals surface area (Å²) in [7, 11) is 0. The van der Waals surface area contributed by atoms with Gasteiger partial charge in [-0.25, -0.2) is 13.2 Å². The third-order valence-corrected chi connectivity index (χ3v) is 3.31. The number of nitrogens with one attached hydrogen (secondary N) is 1. The van der Waals surface area contributed by atoms with Crippen molar-refractivity contribution >= 4 is 5.69 Å². The van der Waals surface area contributed by atoms with Gasteiger partial charge in [-0.15, -0.1) is 0 Å². The van der Waals surface area contributed by atoms with Crippen LogP contribution in [-0.4, -0.2) is 6.04 Å². The minimum Gasteiger partial charge on any atom is -0.380 e. The van der Waals surface area contributed by atoms with Gasteiger partial charge in [0.2, 0.25) is 0 Å². The highest BCUT2D eigenvalue weighted by atomic mass is 19.2. The Hall–Kier alpha value is -1.19. The number of halogens is 3. The van der Waals surface area contributed by atoms with E-state index in [0.717, 1.165) is 12.5 Å². The summed E-state index contributed by atoms with van der Waals surface area (Å²) >= 11 is 0. The van der Waals surface area contributed by atoms with Gasteiger partial charge in [-0.3, -0.25) is 0 Å². The Labute approximate surface area is 99.0 Å². The number of rotatable bonds is 4. The molecule has 1 fully saturated rings. The Kier molecular flexibility index (Phi) is 3.60. The topological polar surface area (TPSA) is 12.0 Å². The van der Waals surface area contributed by atoms with Crippen molar-refractivity contribution in [2.75, 3.05) is 5.32 Å². The molecule has 1 nitrogen and oxygen atoms in total. The second-order valence-electron chi connectivity index (χ2n) is 4.83. The molecule has 0 radical (unpaired) electrons. The van der Waals surface area contributed by atoms with Crippen LogP contribution in [0.15, 0.2) is 12.1 Å². The summed E-state index contributed by atoms with van der Waals surface area (Å²) in [4.78, 5) is 0. The fourth-order valence-electron chi connectivity index (χ4n) is 2.21. The maximum Gasteiger partial charge on any atom is 0.182 e. The van der Waals surface area contributed by atoms with E-state index in [1.54, 1.807) is 0 Å². The van der Waals surface area contributed by atoms with Crippen LogP contribution >= 0.6 is 0 Å². The second kappa shape index (κ2) is 4.98. The Morgan fingerprint density at radius 1 is 1.29 bits per heavy atom. The smallest absolute Gasteiger partial charge is 0.182 e. The predicted molar refractivity (Wildman–Crippen MR) is 61.4 cm³/mol. The van der Waals surface area contributed by atoms with Gasteiger partial charge in [-0.2, -0.15) is 0 Å². The molecule has 1 saturated carbocycles. The Morgan fingerprint density at radius 3 is 2.59 bits per heavy atom. The van der Waals surface area contributed by atoms with Crippen LogP contribution in [0.25, 0.3) is 0 Å². The average molecular weight is 243 g/mol. The van der Waals surface area contributed by atoms with Crippen LogP contribution in [0, 0.1) is 23.4 Å². The summed E-state index contributed by atoms with van der Waals surface area (Å²) in [6, 6.07) is 1.57. The fourth-order valence-corrected chi connectivity index (χ4v) is 2.21. The van der Waals surface area contributed by atoms with Crippen molar-refractivity contribution in [3.05, 3.63) is 29.6 Å².